The lowest BCUT2D eigenvalue weighted by atomic mass is 10.0. The number of aryl methyl sites for hydroxylation is 1. The highest BCUT2D eigenvalue weighted by molar-refractivity contribution is 5.83. The van der Waals surface area contributed by atoms with Crippen LogP contribution in [0.15, 0.2) is 28.9 Å². The molecule has 2 heteroatoms. The third-order valence-corrected chi connectivity index (χ3v) is 3.19. The summed E-state index contributed by atoms with van der Waals surface area (Å²) in [6, 6.07) is 6.42. The molecule has 0 bridgehead atoms. The third kappa shape index (κ3) is 2.94. The zero-order chi connectivity index (χ0) is 13.2. The van der Waals surface area contributed by atoms with E-state index in [0.29, 0.717) is 0 Å². The van der Waals surface area contributed by atoms with Crippen molar-refractivity contribution in [1.29, 1.82) is 0 Å². The van der Waals surface area contributed by atoms with E-state index in [0.717, 1.165) is 25.0 Å². The fraction of sp³-hybridized carbons (Fsp3) is 0.500. The molecule has 1 N–H and O–H groups in total. The highest BCUT2D eigenvalue weighted by atomic mass is 16.3. The van der Waals surface area contributed by atoms with Gasteiger partial charge in [0.15, 0.2) is 0 Å². The van der Waals surface area contributed by atoms with E-state index in [4.69, 9.17) is 4.42 Å². The molecule has 0 atom stereocenters. The number of nitrogens with one attached hydrogen (secondary N) is 1. The van der Waals surface area contributed by atoms with Crippen molar-refractivity contribution in [2.75, 3.05) is 6.54 Å². The van der Waals surface area contributed by atoms with E-state index >= 15 is 0 Å². The van der Waals surface area contributed by atoms with Gasteiger partial charge in [-0.3, -0.25) is 0 Å². The van der Waals surface area contributed by atoms with Gasteiger partial charge in [-0.1, -0.05) is 25.1 Å². The molecule has 0 aliphatic carbocycles. The van der Waals surface area contributed by atoms with Gasteiger partial charge >= 0.3 is 0 Å². The average Bonchev–Trinajstić information content (AvgIpc) is 2.71. The van der Waals surface area contributed by atoms with E-state index in [1.165, 1.54) is 16.5 Å². The van der Waals surface area contributed by atoms with Gasteiger partial charge in [-0.15, -0.1) is 0 Å². The Bertz CT molecular complexity index is 519. The first-order valence-electron chi connectivity index (χ1n) is 6.74. The van der Waals surface area contributed by atoms with Gasteiger partial charge < -0.3 is 9.73 Å². The van der Waals surface area contributed by atoms with Crippen LogP contribution in [0.25, 0.3) is 11.0 Å². The molecule has 2 nitrogen and oxygen atoms in total. The number of para-hydroxylation sites is 1. The summed E-state index contributed by atoms with van der Waals surface area (Å²) < 4.78 is 5.73. The Kier molecular flexibility index (Phi) is 3.76. The fourth-order valence-corrected chi connectivity index (χ4v) is 2.21. The van der Waals surface area contributed by atoms with E-state index in [2.05, 4.69) is 51.2 Å². The van der Waals surface area contributed by atoms with Gasteiger partial charge in [0.2, 0.25) is 0 Å². The molecule has 1 aromatic carbocycles. The van der Waals surface area contributed by atoms with Crippen LogP contribution in [-0.4, -0.2) is 12.1 Å². The predicted octanol–water partition coefficient (Wildman–Crippen LogP) is 3.93. The Morgan fingerprint density at radius 1 is 1.17 bits per heavy atom. The number of hydrogen-bond acceptors (Lipinski definition) is 2. The molecule has 18 heavy (non-hydrogen) atoms. The van der Waals surface area contributed by atoms with Crippen molar-refractivity contribution >= 4 is 11.0 Å². The molecule has 0 radical (unpaired) electrons. The van der Waals surface area contributed by atoms with Crippen molar-refractivity contribution in [3.05, 3.63) is 35.6 Å². The van der Waals surface area contributed by atoms with Crippen molar-refractivity contribution < 1.29 is 4.42 Å². The second kappa shape index (κ2) is 5.15. The lowest BCUT2D eigenvalue weighted by Crippen LogP contribution is -2.37. The van der Waals surface area contributed by atoms with Crippen LogP contribution >= 0.6 is 0 Å². The second-order valence-electron chi connectivity index (χ2n) is 5.84. The Hall–Kier alpha value is -1.28. The minimum absolute atomic E-state index is 0.175. The molecule has 0 saturated carbocycles. The van der Waals surface area contributed by atoms with Crippen LogP contribution in [0.4, 0.5) is 0 Å². The SMILES string of the molecule is CCc1cccc2c(CCNC(C)(C)C)coc12. The van der Waals surface area contributed by atoms with E-state index in [-0.39, 0.29) is 5.54 Å². The monoisotopic (exact) mass is 245 g/mol. The highest BCUT2D eigenvalue weighted by Crippen LogP contribution is 2.25. The summed E-state index contributed by atoms with van der Waals surface area (Å²) in [5.41, 5.74) is 3.83. The maximum absolute atomic E-state index is 5.73. The summed E-state index contributed by atoms with van der Waals surface area (Å²) >= 11 is 0. The standard InChI is InChI=1S/C16H23NO/c1-5-12-7-6-8-14-13(11-18-15(12)14)9-10-17-16(2,3)4/h6-8,11,17H,5,9-10H2,1-4H3. The minimum Gasteiger partial charge on any atom is -0.464 e. The van der Waals surface area contributed by atoms with Crippen molar-refractivity contribution in [1.82, 2.24) is 5.32 Å². The van der Waals surface area contributed by atoms with Crippen molar-refractivity contribution in [3.8, 4) is 0 Å². The number of hydrogen-bond donors (Lipinski definition) is 1. The average molecular weight is 245 g/mol. The topological polar surface area (TPSA) is 25.2 Å². The molecule has 0 unspecified atom stereocenters. The van der Waals surface area contributed by atoms with Crippen molar-refractivity contribution in [2.45, 2.75) is 46.1 Å². The molecule has 0 aliphatic rings. The first-order chi connectivity index (χ1) is 8.51. The van der Waals surface area contributed by atoms with Gasteiger partial charge in [-0.05, 0) is 51.3 Å². The molecule has 2 rings (SSSR count). The molecule has 0 aliphatic heterocycles. The van der Waals surface area contributed by atoms with E-state index in [9.17, 15) is 0 Å². The Morgan fingerprint density at radius 2 is 1.94 bits per heavy atom. The molecule has 0 spiro atoms. The third-order valence-electron chi connectivity index (χ3n) is 3.19. The lowest BCUT2D eigenvalue weighted by molar-refractivity contribution is 0.429. The minimum atomic E-state index is 0.175. The number of furan rings is 1. The number of benzene rings is 1. The fourth-order valence-electron chi connectivity index (χ4n) is 2.21. The predicted molar refractivity (Wildman–Crippen MR) is 77.1 cm³/mol. The number of fused-ring (bicyclic) bond motifs is 1. The molecule has 2 aromatic rings. The zero-order valence-electron chi connectivity index (χ0n) is 11.8. The summed E-state index contributed by atoms with van der Waals surface area (Å²) in [5, 5.41) is 4.78. The largest absolute Gasteiger partial charge is 0.464 e. The van der Waals surface area contributed by atoms with E-state index in [1.807, 2.05) is 6.26 Å². The van der Waals surface area contributed by atoms with Crippen LogP contribution in [0.5, 0.6) is 0 Å². The first kappa shape index (κ1) is 13.2. The van der Waals surface area contributed by atoms with Gasteiger partial charge in [0, 0.05) is 10.9 Å². The van der Waals surface area contributed by atoms with Crippen molar-refractivity contribution in [2.24, 2.45) is 0 Å². The maximum Gasteiger partial charge on any atom is 0.137 e. The smallest absolute Gasteiger partial charge is 0.137 e. The van der Waals surface area contributed by atoms with Crippen LogP contribution < -0.4 is 5.32 Å². The summed E-state index contributed by atoms with van der Waals surface area (Å²) in [5.74, 6) is 0. The molecular formula is C16H23NO. The Labute approximate surface area is 109 Å². The molecule has 98 valence electrons. The van der Waals surface area contributed by atoms with Crippen molar-refractivity contribution in [3.63, 3.8) is 0 Å². The van der Waals surface area contributed by atoms with Gasteiger partial charge in [-0.2, -0.15) is 0 Å². The summed E-state index contributed by atoms with van der Waals surface area (Å²) in [4.78, 5) is 0. The van der Waals surface area contributed by atoms with Crippen LogP contribution in [0.2, 0.25) is 0 Å². The lowest BCUT2D eigenvalue weighted by Gasteiger charge is -2.20. The molecule has 0 amide bonds. The normalized spacial score (nSPS) is 12.2. The molecule has 1 heterocycles. The number of rotatable bonds is 4. The van der Waals surface area contributed by atoms with Gasteiger partial charge in [0.05, 0.1) is 6.26 Å². The van der Waals surface area contributed by atoms with Crippen LogP contribution in [0.1, 0.15) is 38.8 Å². The van der Waals surface area contributed by atoms with Crippen LogP contribution in [-0.2, 0) is 12.8 Å². The highest BCUT2D eigenvalue weighted by Gasteiger charge is 2.11. The zero-order valence-corrected chi connectivity index (χ0v) is 11.8. The molecule has 0 fully saturated rings. The second-order valence-corrected chi connectivity index (χ2v) is 5.84. The van der Waals surface area contributed by atoms with Crippen LogP contribution in [0, 0.1) is 0 Å². The Balaban J connectivity index is 2.15. The summed E-state index contributed by atoms with van der Waals surface area (Å²) in [6.07, 6.45) is 3.94. The maximum atomic E-state index is 5.73. The van der Waals surface area contributed by atoms with E-state index in [1.54, 1.807) is 0 Å². The van der Waals surface area contributed by atoms with E-state index < -0.39 is 0 Å². The van der Waals surface area contributed by atoms with Crippen LogP contribution in [0.3, 0.4) is 0 Å². The summed E-state index contributed by atoms with van der Waals surface area (Å²) in [7, 11) is 0. The molecular weight excluding hydrogens is 222 g/mol. The summed E-state index contributed by atoms with van der Waals surface area (Å²) in [6.45, 7) is 9.72. The van der Waals surface area contributed by atoms with Gasteiger partial charge in [-0.25, -0.2) is 0 Å². The Morgan fingerprint density at radius 3 is 2.61 bits per heavy atom. The quantitative estimate of drug-likeness (QED) is 0.883. The van der Waals surface area contributed by atoms with Gasteiger partial charge in [0.1, 0.15) is 5.58 Å². The first-order valence-corrected chi connectivity index (χ1v) is 6.74. The van der Waals surface area contributed by atoms with Gasteiger partial charge in [0.25, 0.3) is 0 Å². The molecule has 0 saturated heterocycles. The molecule has 1 aromatic heterocycles.